The van der Waals surface area contributed by atoms with Gasteiger partial charge in [0.15, 0.2) is 0 Å². The van der Waals surface area contributed by atoms with Crippen molar-refractivity contribution in [3.05, 3.63) is 71.3 Å². The van der Waals surface area contributed by atoms with E-state index in [1.807, 2.05) is 36.4 Å². The molecule has 5 heteroatoms. The van der Waals surface area contributed by atoms with Crippen molar-refractivity contribution in [1.29, 1.82) is 0 Å². The normalized spacial score (nSPS) is 16.0. The number of carbonyl (C=O) groups is 2. The Hall–Kier alpha value is -2.66. The number of aromatic carboxylic acids is 1. The van der Waals surface area contributed by atoms with Crippen LogP contribution in [-0.4, -0.2) is 36.7 Å². The molecule has 1 heterocycles. The molecule has 0 aromatic heterocycles. The molecule has 1 aliphatic heterocycles. The van der Waals surface area contributed by atoms with E-state index >= 15 is 0 Å². The fourth-order valence-corrected chi connectivity index (χ4v) is 3.47. The van der Waals surface area contributed by atoms with E-state index in [-0.39, 0.29) is 11.5 Å². The predicted octanol–water partition coefficient (Wildman–Crippen LogP) is 2.79. The van der Waals surface area contributed by atoms with E-state index in [1.165, 1.54) is 0 Å². The van der Waals surface area contributed by atoms with Crippen molar-refractivity contribution in [2.75, 3.05) is 19.8 Å². The molecule has 0 radical (unpaired) electrons. The van der Waals surface area contributed by atoms with E-state index in [9.17, 15) is 9.59 Å². The van der Waals surface area contributed by atoms with E-state index < -0.39 is 11.4 Å². The zero-order chi connectivity index (χ0) is 18.4. The predicted molar refractivity (Wildman–Crippen MR) is 98.3 cm³/mol. The van der Waals surface area contributed by atoms with Crippen molar-refractivity contribution >= 4 is 11.9 Å². The first-order valence-corrected chi connectivity index (χ1v) is 8.86. The molecule has 0 aliphatic carbocycles. The summed E-state index contributed by atoms with van der Waals surface area (Å²) in [6, 6.07) is 16.7. The Bertz CT molecular complexity index is 767. The summed E-state index contributed by atoms with van der Waals surface area (Å²) in [5, 5.41) is 12.1. The molecule has 1 amide bonds. The number of hydrogen-bond acceptors (Lipinski definition) is 3. The molecule has 2 aromatic rings. The number of benzene rings is 2. The quantitative estimate of drug-likeness (QED) is 0.837. The fourth-order valence-electron chi connectivity index (χ4n) is 3.47. The largest absolute Gasteiger partial charge is 0.478 e. The summed E-state index contributed by atoms with van der Waals surface area (Å²) in [7, 11) is 0. The van der Waals surface area contributed by atoms with Crippen LogP contribution in [0.4, 0.5) is 0 Å². The number of carbonyl (C=O) groups excluding carboxylic acids is 1. The molecule has 1 saturated heterocycles. The molecule has 0 bridgehead atoms. The molecule has 136 valence electrons. The molecule has 0 unspecified atom stereocenters. The van der Waals surface area contributed by atoms with Crippen LogP contribution >= 0.6 is 0 Å². The van der Waals surface area contributed by atoms with Crippen LogP contribution in [-0.2, 0) is 21.4 Å². The number of carboxylic acid groups (broad SMARTS) is 1. The number of hydrogen-bond donors (Lipinski definition) is 2. The van der Waals surface area contributed by atoms with Crippen molar-refractivity contribution in [1.82, 2.24) is 5.32 Å². The average Bonchev–Trinajstić information content (AvgIpc) is 2.69. The van der Waals surface area contributed by atoms with Gasteiger partial charge in [0.2, 0.25) is 5.91 Å². The van der Waals surface area contributed by atoms with Gasteiger partial charge in [-0.25, -0.2) is 4.79 Å². The first-order valence-electron chi connectivity index (χ1n) is 8.86. The summed E-state index contributed by atoms with van der Waals surface area (Å²) in [6.45, 7) is 1.61. The third-order valence-corrected chi connectivity index (χ3v) is 4.98. The van der Waals surface area contributed by atoms with Crippen LogP contribution in [0, 0.1) is 0 Å². The first-order chi connectivity index (χ1) is 12.6. The first kappa shape index (κ1) is 18.1. The van der Waals surface area contributed by atoms with Gasteiger partial charge >= 0.3 is 5.97 Å². The van der Waals surface area contributed by atoms with Gasteiger partial charge in [0.1, 0.15) is 0 Å². The highest BCUT2D eigenvalue weighted by Gasteiger charge is 2.41. The summed E-state index contributed by atoms with van der Waals surface area (Å²) in [5.41, 5.74) is 1.63. The van der Waals surface area contributed by atoms with Crippen molar-refractivity contribution in [2.24, 2.45) is 0 Å². The minimum atomic E-state index is -0.943. The minimum Gasteiger partial charge on any atom is -0.478 e. The van der Waals surface area contributed by atoms with Crippen molar-refractivity contribution in [3.8, 4) is 0 Å². The summed E-state index contributed by atoms with van der Waals surface area (Å²) in [5.74, 6) is -0.928. The smallest absolute Gasteiger partial charge is 0.335 e. The highest BCUT2D eigenvalue weighted by molar-refractivity contribution is 5.88. The van der Waals surface area contributed by atoms with E-state index in [0.29, 0.717) is 39.0 Å². The van der Waals surface area contributed by atoms with Crippen LogP contribution in [0.15, 0.2) is 54.6 Å². The Balaban J connectivity index is 1.67. The van der Waals surface area contributed by atoms with Gasteiger partial charge in [-0.15, -0.1) is 0 Å². The van der Waals surface area contributed by atoms with Crippen LogP contribution < -0.4 is 5.32 Å². The van der Waals surface area contributed by atoms with E-state index in [4.69, 9.17) is 9.84 Å². The summed E-state index contributed by atoms with van der Waals surface area (Å²) < 4.78 is 5.47. The molecule has 3 rings (SSSR count). The molecule has 5 nitrogen and oxygen atoms in total. The summed E-state index contributed by atoms with van der Waals surface area (Å²) in [6.07, 6.45) is 1.92. The van der Waals surface area contributed by atoms with Gasteiger partial charge in [-0.3, -0.25) is 4.79 Å². The van der Waals surface area contributed by atoms with E-state index in [0.717, 1.165) is 11.1 Å². The Kier molecular flexibility index (Phi) is 5.68. The number of carboxylic acids is 1. The Labute approximate surface area is 153 Å². The van der Waals surface area contributed by atoms with E-state index in [1.54, 1.807) is 18.2 Å². The fraction of sp³-hybridized carbons (Fsp3) is 0.333. The minimum absolute atomic E-state index is 0.0152. The topological polar surface area (TPSA) is 75.6 Å². The van der Waals surface area contributed by atoms with Gasteiger partial charge in [0.05, 0.1) is 11.0 Å². The Morgan fingerprint density at radius 3 is 2.46 bits per heavy atom. The van der Waals surface area contributed by atoms with Gasteiger partial charge in [0, 0.05) is 19.8 Å². The van der Waals surface area contributed by atoms with Crippen LogP contribution in [0.25, 0.3) is 0 Å². The molecular weight excluding hydrogens is 330 g/mol. The highest BCUT2D eigenvalue weighted by atomic mass is 16.5. The van der Waals surface area contributed by atoms with Crippen LogP contribution in [0.5, 0.6) is 0 Å². The second-order valence-electron chi connectivity index (χ2n) is 6.57. The Morgan fingerprint density at radius 1 is 1.04 bits per heavy atom. The molecule has 26 heavy (non-hydrogen) atoms. The zero-order valence-corrected chi connectivity index (χ0v) is 14.6. The molecular formula is C21H23NO4. The second-order valence-corrected chi connectivity index (χ2v) is 6.57. The van der Waals surface area contributed by atoms with E-state index in [2.05, 4.69) is 5.32 Å². The highest BCUT2D eigenvalue weighted by Crippen LogP contribution is 2.35. The Morgan fingerprint density at radius 2 is 1.77 bits per heavy atom. The number of ether oxygens (including phenoxy) is 1. The van der Waals surface area contributed by atoms with Gasteiger partial charge in [-0.05, 0) is 42.5 Å². The molecule has 0 spiro atoms. The lowest BCUT2D eigenvalue weighted by atomic mass is 9.73. The standard InChI is InChI=1S/C21H23NO4/c23-19(24)17-6-4-5-16(15-17)9-12-22-20(25)21(10-13-26-14-11-21)18-7-2-1-3-8-18/h1-8,15H,9-14H2,(H,22,25)(H,23,24). The lowest BCUT2D eigenvalue weighted by Crippen LogP contribution is -2.48. The molecule has 2 N–H and O–H groups in total. The SMILES string of the molecule is O=C(O)c1cccc(CCNC(=O)C2(c3ccccc3)CCOCC2)c1. The average molecular weight is 353 g/mol. The van der Waals surface area contributed by atoms with Gasteiger partial charge < -0.3 is 15.2 Å². The maximum absolute atomic E-state index is 13.0. The molecule has 0 atom stereocenters. The van der Waals surface area contributed by atoms with Crippen molar-refractivity contribution in [2.45, 2.75) is 24.7 Å². The lowest BCUT2D eigenvalue weighted by molar-refractivity contribution is -0.130. The zero-order valence-electron chi connectivity index (χ0n) is 14.6. The third-order valence-electron chi connectivity index (χ3n) is 4.98. The molecule has 2 aromatic carbocycles. The van der Waals surface area contributed by atoms with Crippen molar-refractivity contribution < 1.29 is 19.4 Å². The lowest BCUT2D eigenvalue weighted by Gasteiger charge is -2.36. The summed E-state index contributed by atoms with van der Waals surface area (Å²) in [4.78, 5) is 24.1. The maximum atomic E-state index is 13.0. The molecule has 1 aliphatic rings. The monoisotopic (exact) mass is 353 g/mol. The molecule has 0 saturated carbocycles. The number of amides is 1. The van der Waals surface area contributed by atoms with Gasteiger partial charge in [0.25, 0.3) is 0 Å². The number of rotatable bonds is 6. The third kappa shape index (κ3) is 3.94. The van der Waals surface area contributed by atoms with Gasteiger partial charge in [-0.1, -0.05) is 42.5 Å². The maximum Gasteiger partial charge on any atom is 0.335 e. The number of nitrogens with one attached hydrogen (secondary N) is 1. The summed E-state index contributed by atoms with van der Waals surface area (Å²) >= 11 is 0. The van der Waals surface area contributed by atoms with Crippen LogP contribution in [0.2, 0.25) is 0 Å². The second kappa shape index (κ2) is 8.15. The van der Waals surface area contributed by atoms with Crippen molar-refractivity contribution in [3.63, 3.8) is 0 Å². The molecule has 1 fully saturated rings. The van der Waals surface area contributed by atoms with Crippen LogP contribution in [0.3, 0.4) is 0 Å². The van der Waals surface area contributed by atoms with Crippen LogP contribution in [0.1, 0.15) is 34.3 Å². The van der Waals surface area contributed by atoms with Gasteiger partial charge in [-0.2, -0.15) is 0 Å².